The molecule has 156 valence electrons. The van der Waals surface area contributed by atoms with Gasteiger partial charge in [-0.2, -0.15) is 9.78 Å². The largest absolute Gasteiger partial charge is 0.348 e. The van der Waals surface area contributed by atoms with Crippen molar-refractivity contribution in [1.82, 2.24) is 20.1 Å². The molecule has 0 fully saturated rings. The number of rotatable bonds is 6. The molecular formula is C26H20N4O2. The molecule has 0 aliphatic heterocycles. The second-order valence-corrected chi connectivity index (χ2v) is 7.62. The Hall–Kier alpha value is -4.32. The lowest BCUT2D eigenvalue weighted by Crippen LogP contribution is -2.22. The molecule has 1 N–H and O–H groups in total. The molecule has 2 aromatic carbocycles. The zero-order valence-corrected chi connectivity index (χ0v) is 17.2. The predicted molar refractivity (Wildman–Crippen MR) is 123 cm³/mol. The van der Waals surface area contributed by atoms with Crippen LogP contribution in [-0.4, -0.2) is 26.6 Å². The Kier molecular flexibility index (Phi) is 5.17. The molecule has 1 aliphatic carbocycles. The summed E-state index contributed by atoms with van der Waals surface area (Å²) in [4.78, 5) is 29.0. The third-order valence-electron chi connectivity index (χ3n) is 5.44. The van der Waals surface area contributed by atoms with E-state index in [1.165, 1.54) is 4.68 Å². The first-order valence-corrected chi connectivity index (χ1v) is 10.3. The molecule has 2 aromatic heterocycles. The minimum atomic E-state index is -0.132. The van der Waals surface area contributed by atoms with E-state index in [9.17, 15) is 9.59 Å². The number of hydrogen-bond acceptors (Lipinski definition) is 4. The van der Waals surface area contributed by atoms with Gasteiger partial charge < -0.3 is 5.32 Å². The lowest BCUT2D eigenvalue weighted by molar-refractivity contribution is 0.0903. The number of pyridine rings is 1. The van der Waals surface area contributed by atoms with Gasteiger partial charge in [0.2, 0.25) is 0 Å². The number of amides is 1. The smallest absolute Gasteiger partial charge is 0.251 e. The van der Waals surface area contributed by atoms with Crippen LogP contribution in [0, 0.1) is 0 Å². The molecule has 32 heavy (non-hydrogen) atoms. The van der Waals surface area contributed by atoms with E-state index in [-0.39, 0.29) is 11.8 Å². The molecule has 0 bridgehead atoms. The average molecular weight is 420 g/mol. The first-order chi connectivity index (χ1) is 15.7. The fourth-order valence-corrected chi connectivity index (χ4v) is 3.61. The number of nitrogens with one attached hydrogen (secondary N) is 1. The third-order valence-corrected chi connectivity index (χ3v) is 5.44. The minimum Gasteiger partial charge on any atom is -0.348 e. The van der Waals surface area contributed by atoms with Gasteiger partial charge >= 0.3 is 0 Å². The van der Waals surface area contributed by atoms with Gasteiger partial charge in [0.25, 0.3) is 11.8 Å². The summed E-state index contributed by atoms with van der Waals surface area (Å²) in [7, 11) is 0. The van der Waals surface area contributed by atoms with E-state index >= 15 is 0 Å². The van der Waals surface area contributed by atoms with Crippen LogP contribution in [0.25, 0.3) is 22.0 Å². The molecule has 2 heterocycles. The maximum Gasteiger partial charge on any atom is 0.251 e. The summed E-state index contributed by atoms with van der Waals surface area (Å²) >= 11 is 0. The maximum atomic E-state index is 12.5. The fourth-order valence-electron chi connectivity index (χ4n) is 3.61. The SMILES string of the molecule is O=C(NCc1cccnc1)c1ccc(-c2ccc3c(cnn3C(=O)CC3=CC=C3)c2)cc1. The van der Waals surface area contributed by atoms with Crippen LogP contribution in [0.2, 0.25) is 0 Å². The average Bonchev–Trinajstić information content (AvgIpc) is 3.24. The van der Waals surface area contributed by atoms with E-state index in [2.05, 4.69) is 15.4 Å². The zero-order valence-electron chi connectivity index (χ0n) is 17.2. The van der Waals surface area contributed by atoms with E-state index in [0.29, 0.717) is 18.5 Å². The van der Waals surface area contributed by atoms with Crippen molar-refractivity contribution in [2.24, 2.45) is 0 Å². The molecule has 5 rings (SSSR count). The van der Waals surface area contributed by atoms with Gasteiger partial charge in [-0.05, 0) is 52.6 Å². The number of aromatic nitrogens is 3. The van der Waals surface area contributed by atoms with Gasteiger partial charge in [0.15, 0.2) is 0 Å². The standard InChI is InChI=1S/C26H20N4O2/c31-25(13-18-3-1-4-18)30-24-11-10-22(14-23(24)17-29-30)20-6-8-21(9-7-20)26(32)28-16-19-5-2-12-27-15-19/h1-12,14-15,17H,13,16H2,(H,28,32). The maximum absolute atomic E-state index is 12.5. The summed E-state index contributed by atoms with van der Waals surface area (Å²) in [6.45, 7) is 0.432. The number of allylic oxidation sites excluding steroid dienone is 4. The van der Waals surface area contributed by atoms with E-state index in [1.807, 2.05) is 72.8 Å². The highest BCUT2D eigenvalue weighted by molar-refractivity contribution is 5.96. The number of nitrogens with zero attached hydrogens (tertiary/aromatic N) is 3. The monoisotopic (exact) mass is 420 g/mol. The van der Waals surface area contributed by atoms with Crippen LogP contribution in [0.4, 0.5) is 0 Å². The van der Waals surface area contributed by atoms with Crippen LogP contribution in [-0.2, 0) is 6.54 Å². The summed E-state index contributed by atoms with van der Waals surface area (Å²) in [6, 6.07) is 17.1. The van der Waals surface area contributed by atoms with Gasteiger partial charge in [-0.1, -0.05) is 42.5 Å². The van der Waals surface area contributed by atoms with Gasteiger partial charge in [-0.15, -0.1) is 0 Å². The number of carbonyl (C=O) groups excluding carboxylic acids is 2. The fraction of sp³-hybridized carbons (Fsp3) is 0.0769. The quantitative estimate of drug-likeness (QED) is 0.496. The molecule has 6 heteroatoms. The second kappa shape index (κ2) is 8.43. The lowest BCUT2D eigenvalue weighted by atomic mass is 10.0. The Labute approximate surface area is 184 Å². The van der Waals surface area contributed by atoms with Crippen LogP contribution in [0.5, 0.6) is 0 Å². The molecule has 6 nitrogen and oxygen atoms in total. The number of carbonyl (C=O) groups is 2. The van der Waals surface area contributed by atoms with E-state index in [1.54, 1.807) is 18.6 Å². The van der Waals surface area contributed by atoms with Gasteiger partial charge in [0.05, 0.1) is 18.1 Å². The van der Waals surface area contributed by atoms with Crippen LogP contribution >= 0.6 is 0 Å². The molecule has 0 saturated heterocycles. The summed E-state index contributed by atoms with van der Waals surface area (Å²) in [6.07, 6.45) is 11.3. The van der Waals surface area contributed by atoms with Crippen LogP contribution in [0.1, 0.15) is 27.1 Å². The van der Waals surface area contributed by atoms with Crippen molar-refractivity contribution < 1.29 is 9.59 Å². The Bertz CT molecular complexity index is 1370. The van der Waals surface area contributed by atoms with Crippen LogP contribution in [0.3, 0.4) is 0 Å². The third kappa shape index (κ3) is 3.98. The topological polar surface area (TPSA) is 76.9 Å². The molecule has 0 radical (unpaired) electrons. The molecule has 0 saturated carbocycles. The molecule has 0 spiro atoms. The second-order valence-electron chi connectivity index (χ2n) is 7.62. The Morgan fingerprint density at radius 1 is 0.969 bits per heavy atom. The Morgan fingerprint density at radius 3 is 2.50 bits per heavy atom. The lowest BCUT2D eigenvalue weighted by Gasteiger charge is -2.08. The molecule has 1 amide bonds. The van der Waals surface area contributed by atoms with Crippen molar-refractivity contribution in [2.45, 2.75) is 13.0 Å². The summed E-state index contributed by atoms with van der Waals surface area (Å²) in [5.41, 5.74) is 5.33. The normalized spacial score (nSPS) is 12.3. The van der Waals surface area contributed by atoms with Crippen molar-refractivity contribution in [3.63, 3.8) is 0 Å². The summed E-state index contributed by atoms with van der Waals surface area (Å²) < 4.78 is 1.46. The predicted octanol–water partition coefficient (Wildman–Crippen LogP) is 4.55. The number of benzene rings is 2. The highest BCUT2D eigenvalue weighted by Crippen LogP contribution is 2.25. The molecule has 0 atom stereocenters. The summed E-state index contributed by atoms with van der Waals surface area (Å²) in [5, 5.41) is 8.08. The van der Waals surface area contributed by atoms with Gasteiger partial charge in [0, 0.05) is 29.9 Å². The van der Waals surface area contributed by atoms with Crippen LogP contribution in [0.15, 0.2) is 97.0 Å². The molecule has 0 unspecified atom stereocenters. The van der Waals surface area contributed by atoms with Gasteiger partial charge in [0.1, 0.15) is 0 Å². The Morgan fingerprint density at radius 2 is 1.78 bits per heavy atom. The van der Waals surface area contributed by atoms with Crippen molar-refractivity contribution in [3.8, 4) is 11.1 Å². The van der Waals surface area contributed by atoms with Crippen molar-refractivity contribution >= 4 is 22.7 Å². The summed E-state index contributed by atoms with van der Waals surface area (Å²) in [5.74, 6) is -0.183. The zero-order chi connectivity index (χ0) is 21.9. The van der Waals surface area contributed by atoms with Crippen molar-refractivity contribution in [1.29, 1.82) is 0 Å². The first-order valence-electron chi connectivity index (χ1n) is 10.3. The van der Waals surface area contributed by atoms with Gasteiger partial charge in [-0.3, -0.25) is 14.6 Å². The molecular weight excluding hydrogens is 400 g/mol. The number of hydrogen-bond donors (Lipinski definition) is 1. The van der Waals surface area contributed by atoms with Crippen molar-refractivity contribution in [3.05, 3.63) is 108 Å². The van der Waals surface area contributed by atoms with E-state index in [4.69, 9.17) is 0 Å². The highest BCUT2D eigenvalue weighted by Gasteiger charge is 2.14. The van der Waals surface area contributed by atoms with Gasteiger partial charge in [-0.25, -0.2) is 0 Å². The first kappa shape index (κ1) is 19.6. The molecule has 1 aliphatic rings. The number of fused-ring (bicyclic) bond motifs is 1. The Balaban J connectivity index is 1.29. The van der Waals surface area contributed by atoms with E-state index in [0.717, 1.165) is 33.2 Å². The highest BCUT2D eigenvalue weighted by atomic mass is 16.2. The van der Waals surface area contributed by atoms with Crippen LogP contribution < -0.4 is 5.32 Å². The van der Waals surface area contributed by atoms with Crippen molar-refractivity contribution in [2.75, 3.05) is 0 Å². The minimum absolute atomic E-state index is 0.0509. The molecule has 4 aromatic rings. The van der Waals surface area contributed by atoms with E-state index < -0.39 is 0 Å².